The van der Waals surface area contributed by atoms with Gasteiger partial charge in [0.1, 0.15) is 17.4 Å². The first-order valence-corrected chi connectivity index (χ1v) is 16.9. The number of unbranched alkanes of at least 4 members (excludes halogenated alkanes) is 2. The maximum atomic E-state index is 14.5. The van der Waals surface area contributed by atoms with Gasteiger partial charge in [-0.25, -0.2) is 27.0 Å². The standard InChI is InChI=1S/C32H40F2N6O5S/c1-3-5-6-15-40(32(42)37-29-18-26(31(35)41)27(33)19-28(29)34)24-13-16-39(17-14-24)21-22-7-12-30(36-20-22)45-25-10-8-23(9-11-25)38-46(43,44)4-2/h7-12,18-20,24,38H,3-6,13-17,21H2,1-2H3,(H2,35,41)(H,37,42). The molecule has 1 fully saturated rings. The summed E-state index contributed by atoms with van der Waals surface area (Å²) in [5, 5.41) is 2.52. The van der Waals surface area contributed by atoms with Gasteiger partial charge in [0, 0.05) is 56.2 Å². The molecule has 1 aliphatic heterocycles. The molecule has 0 spiro atoms. The molecule has 4 rings (SSSR count). The number of rotatable bonds is 14. The van der Waals surface area contributed by atoms with Crippen LogP contribution in [0, 0.1) is 11.6 Å². The number of benzene rings is 2. The molecule has 0 radical (unpaired) electrons. The Labute approximate surface area is 268 Å². The number of pyridine rings is 1. The summed E-state index contributed by atoms with van der Waals surface area (Å²) in [5.41, 5.74) is 5.84. The van der Waals surface area contributed by atoms with Crippen LogP contribution in [-0.4, -0.2) is 66.6 Å². The highest BCUT2D eigenvalue weighted by molar-refractivity contribution is 7.92. The number of primary amides is 1. The lowest BCUT2D eigenvalue weighted by Gasteiger charge is -2.38. The second-order valence-corrected chi connectivity index (χ2v) is 13.2. The number of ether oxygens (including phenoxy) is 1. The molecule has 11 nitrogen and oxygen atoms in total. The van der Waals surface area contributed by atoms with Gasteiger partial charge in [-0.1, -0.05) is 25.8 Å². The van der Waals surface area contributed by atoms with E-state index in [-0.39, 0.29) is 17.5 Å². The first-order chi connectivity index (χ1) is 22.0. The number of urea groups is 1. The monoisotopic (exact) mass is 658 g/mol. The van der Waals surface area contributed by atoms with Crippen molar-refractivity contribution in [3.05, 3.63) is 77.5 Å². The third kappa shape index (κ3) is 9.60. The normalized spacial score (nSPS) is 14.1. The van der Waals surface area contributed by atoms with Gasteiger partial charge in [-0.05, 0) is 62.1 Å². The maximum absolute atomic E-state index is 14.5. The van der Waals surface area contributed by atoms with E-state index in [1.807, 2.05) is 6.07 Å². The predicted molar refractivity (Wildman–Crippen MR) is 172 cm³/mol. The number of amides is 3. The Bertz CT molecular complexity index is 1600. The molecule has 0 unspecified atom stereocenters. The number of anilines is 2. The van der Waals surface area contributed by atoms with Gasteiger partial charge in [-0.2, -0.15) is 0 Å². The van der Waals surface area contributed by atoms with Crippen LogP contribution in [0.15, 0.2) is 54.7 Å². The van der Waals surface area contributed by atoms with E-state index in [1.165, 1.54) is 0 Å². The summed E-state index contributed by atoms with van der Waals surface area (Å²) < 4.78 is 60.2. The smallest absolute Gasteiger partial charge is 0.322 e. The molecule has 1 saturated heterocycles. The minimum atomic E-state index is -3.36. The third-order valence-corrected chi connectivity index (χ3v) is 9.07. The quantitative estimate of drug-likeness (QED) is 0.188. The Morgan fingerprint density at radius 1 is 1.04 bits per heavy atom. The minimum Gasteiger partial charge on any atom is -0.439 e. The number of hydrogen-bond donors (Lipinski definition) is 3. The van der Waals surface area contributed by atoms with Crippen molar-refractivity contribution in [1.29, 1.82) is 0 Å². The molecule has 0 aliphatic carbocycles. The molecular weight excluding hydrogens is 618 g/mol. The second-order valence-electron chi connectivity index (χ2n) is 11.2. The number of nitrogens with two attached hydrogens (primary N) is 1. The molecule has 1 aromatic heterocycles. The topological polar surface area (TPSA) is 147 Å². The van der Waals surface area contributed by atoms with Crippen molar-refractivity contribution in [2.45, 2.75) is 58.5 Å². The number of nitrogens with zero attached hydrogens (tertiary/aromatic N) is 3. The van der Waals surface area contributed by atoms with Crippen LogP contribution in [0.3, 0.4) is 0 Å². The highest BCUT2D eigenvalue weighted by Gasteiger charge is 2.29. The first kappa shape index (κ1) is 34.6. The van der Waals surface area contributed by atoms with E-state index in [9.17, 15) is 26.8 Å². The van der Waals surface area contributed by atoms with Crippen molar-refractivity contribution in [3.8, 4) is 11.6 Å². The van der Waals surface area contributed by atoms with Crippen LogP contribution in [0.5, 0.6) is 11.6 Å². The molecule has 3 aromatic rings. The molecule has 0 atom stereocenters. The highest BCUT2D eigenvalue weighted by atomic mass is 32.2. The van der Waals surface area contributed by atoms with E-state index < -0.39 is 39.2 Å². The SMILES string of the molecule is CCCCCN(C(=O)Nc1cc(C(N)=O)c(F)cc1F)C1CCN(Cc2ccc(Oc3ccc(NS(=O)(=O)CC)cc3)nc2)CC1. The van der Waals surface area contributed by atoms with Gasteiger partial charge in [0.25, 0.3) is 5.91 Å². The predicted octanol–water partition coefficient (Wildman–Crippen LogP) is 5.70. The number of nitrogens with one attached hydrogen (secondary N) is 2. The Balaban J connectivity index is 1.32. The summed E-state index contributed by atoms with van der Waals surface area (Å²) >= 11 is 0. The lowest BCUT2D eigenvalue weighted by molar-refractivity contribution is 0.0996. The van der Waals surface area contributed by atoms with Crippen molar-refractivity contribution < 1.29 is 31.5 Å². The molecule has 3 amide bonds. The molecular formula is C32H40F2N6O5S. The van der Waals surface area contributed by atoms with E-state index in [4.69, 9.17) is 10.5 Å². The Morgan fingerprint density at radius 2 is 1.76 bits per heavy atom. The lowest BCUT2D eigenvalue weighted by Crippen LogP contribution is -2.49. The zero-order chi connectivity index (χ0) is 33.3. The fourth-order valence-electron chi connectivity index (χ4n) is 5.18. The maximum Gasteiger partial charge on any atom is 0.322 e. The van der Waals surface area contributed by atoms with Gasteiger partial charge in [0.2, 0.25) is 15.9 Å². The number of piperidine rings is 1. The van der Waals surface area contributed by atoms with E-state index in [2.05, 4.69) is 26.8 Å². The van der Waals surface area contributed by atoms with Crippen LogP contribution >= 0.6 is 0 Å². The summed E-state index contributed by atoms with van der Waals surface area (Å²) in [6.07, 6.45) is 5.83. The molecule has 46 heavy (non-hydrogen) atoms. The summed E-state index contributed by atoms with van der Waals surface area (Å²) in [6, 6.07) is 11.2. The van der Waals surface area contributed by atoms with E-state index >= 15 is 0 Å². The summed E-state index contributed by atoms with van der Waals surface area (Å²) in [4.78, 5) is 33.2. The summed E-state index contributed by atoms with van der Waals surface area (Å²) in [5.74, 6) is -2.22. The number of halogens is 2. The summed E-state index contributed by atoms with van der Waals surface area (Å²) in [6.45, 7) is 6.23. The van der Waals surface area contributed by atoms with Crippen molar-refractivity contribution in [2.75, 3.05) is 35.4 Å². The first-order valence-electron chi connectivity index (χ1n) is 15.3. The number of hydrogen-bond acceptors (Lipinski definition) is 7. The van der Waals surface area contributed by atoms with Crippen molar-refractivity contribution in [3.63, 3.8) is 0 Å². The lowest BCUT2D eigenvalue weighted by atomic mass is 10.0. The Kier molecular flexibility index (Phi) is 11.9. The Morgan fingerprint density at radius 3 is 2.37 bits per heavy atom. The fraction of sp³-hybridized carbons (Fsp3) is 0.406. The van der Waals surface area contributed by atoms with Crippen LogP contribution in [0.1, 0.15) is 61.9 Å². The van der Waals surface area contributed by atoms with Crippen LogP contribution in [0.2, 0.25) is 0 Å². The van der Waals surface area contributed by atoms with Crippen LogP contribution in [0.25, 0.3) is 0 Å². The number of aromatic nitrogens is 1. The number of carbonyl (C=O) groups excluding carboxylic acids is 2. The summed E-state index contributed by atoms with van der Waals surface area (Å²) in [7, 11) is -3.36. The molecule has 0 bridgehead atoms. The molecule has 4 N–H and O–H groups in total. The zero-order valence-corrected chi connectivity index (χ0v) is 26.8. The minimum absolute atomic E-state index is 0.0171. The van der Waals surface area contributed by atoms with Crippen LogP contribution < -0.4 is 20.5 Å². The van der Waals surface area contributed by atoms with E-state index in [0.717, 1.165) is 44.0 Å². The molecule has 14 heteroatoms. The molecule has 2 aromatic carbocycles. The van der Waals surface area contributed by atoms with Crippen LogP contribution in [0.4, 0.5) is 25.0 Å². The van der Waals surface area contributed by atoms with E-state index in [0.29, 0.717) is 49.3 Å². The molecule has 248 valence electrons. The van der Waals surface area contributed by atoms with Gasteiger partial charge in [0.15, 0.2) is 0 Å². The van der Waals surface area contributed by atoms with Crippen molar-refractivity contribution in [1.82, 2.24) is 14.8 Å². The number of likely N-dealkylation sites (tertiary alicyclic amines) is 1. The third-order valence-electron chi connectivity index (χ3n) is 7.76. The molecule has 2 heterocycles. The van der Waals surface area contributed by atoms with Gasteiger partial charge in [-0.3, -0.25) is 14.4 Å². The van der Waals surface area contributed by atoms with Gasteiger partial charge in [-0.15, -0.1) is 0 Å². The average Bonchev–Trinajstić information content (AvgIpc) is 3.03. The highest BCUT2D eigenvalue weighted by Crippen LogP contribution is 2.25. The van der Waals surface area contributed by atoms with Gasteiger partial charge < -0.3 is 20.7 Å². The number of sulfonamides is 1. The largest absolute Gasteiger partial charge is 0.439 e. The van der Waals surface area contributed by atoms with Gasteiger partial charge >= 0.3 is 6.03 Å². The second kappa shape index (κ2) is 15.8. The molecule has 0 saturated carbocycles. The van der Waals surface area contributed by atoms with Gasteiger partial charge in [0.05, 0.1) is 17.0 Å². The average molecular weight is 659 g/mol. The van der Waals surface area contributed by atoms with Crippen molar-refractivity contribution >= 4 is 33.3 Å². The fourth-order valence-corrected chi connectivity index (χ4v) is 5.82. The van der Waals surface area contributed by atoms with Crippen molar-refractivity contribution in [2.24, 2.45) is 5.73 Å². The van der Waals surface area contributed by atoms with Crippen LogP contribution in [-0.2, 0) is 16.6 Å². The molecule has 1 aliphatic rings. The van der Waals surface area contributed by atoms with E-state index in [1.54, 1.807) is 48.4 Å². The number of carbonyl (C=O) groups is 2. The Hall–Kier alpha value is -4.30. The zero-order valence-electron chi connectivity index (χ0n) is 26.0.